The first-order valence-electron chi connectivity index (χ1n) is 10.4. The van der Waals surface area contributed by atoms with E-state index in [0.29, 0.717) is 35.9 Å². The number of rotatable bonds is 5. The Balaban J connectivity index is 1.49. The van der Waals surface area contributed by atoms with Crippen LogP contribution in [0.4, 0.5) is 10.5 Å². The molecule has 0 spiro atoms. The summed E-state index contributed by atoms with van der Waals surface area (Å²) in [5, 5.41) is 30.8. The molecule has 1 fully saturated rings. The molecule has 1 aliphatic heterocycles. The topological polar surface area (TPSA) is 146 Å². The first kappa shape index (κ1) is 20.4. The quantitative estimate of drug-likeness (QED) is 0.473. The fraction of sp³-hybridized carbons (Fsp3) is 0.273. The summed E-state index contributed by atoms with van der Waals surface area (Å²) in [7, 11) is 0. The van der Waals surface area contributed by atoms with E-state index in [1.807, 2.05) is 26.0 Å². The van der Waals surface area contributed by atoms with Crippen LogP contribution in [0.25, 0.3) is 28.2 Å². The first-order chi connectivity index (χ1) is 15.9. The molecule has 5 heterocycles. The molecule has 2 N–H and O–H groups in total. The zero-order valence-corrected chi connectivity index (χ0v) is 17.9. The van der Waals surface area contributed by atoms with E-state index in [9.17, 15) is 4.79 Å². The average Bonchev–Trinajstić information content (AvgIpc) is 3.39. The summed E-state index contributed by atoms with van der Waals surface area (Å²) in [6.07, 6.45) is 3.91. The number of amides is 1. The highest BCUT2D eigenvalue weighted by molar-refractivity contribution is 5.79. The maximum Gasteiger partial charge on any atom is 0.407 e. The largest absolute Gasteiger partial charge is 0.465 e. The Bertz CT molecular complexity index is 1390. The van der Waals surface area contributed by atoms with Crippen molar-refractivity contribution in [2.45, 2.75) is 25.8 Å². The van der Waals surface area contributed by atoms with Crippen LogP contribution in [0.2, 0.25) is 0 Å². The van der Waals surface area contributed by atoms with Crippen LogP contribution in [-0.2, 0) is 0 Å². The van der Waals surface area contributed by atoms with Crippen LogP contribution in [0.5, 0.6) is 0 Å². The zero-order valence-electron chi connectivity index (χ0n) is 17.9. The number of hydrogen-bond acceptors (Lipinski definition) is 8. The summed E-state index contributed by atoms with van der Waals surface area (Å²) < 4.78 is 7.21. The van der Waals surface area contributed by atoms with Crippen LogP contribution in [-0.4, -0.2) is 60.1 Å². The van der Waals surface area contributed by atoms with E-state index >= 15 is 0 Å². The molecule has 1 aliphatic rings. The fourth-order valence-electron chi connectivity index (χ4n) is 3.77. The number of carbonyl (C=O) groups is 1. The maximum absolute atomic E-state index is 11.0. The van der Waals surface area contributed by atoms with Gasteiger partial charge in [-0.05, 0) is 19.9 Å². The van der Waals surface area contributed by atoms with Gasteiger partial charge >= 0.3 is 6.09 Å². The van der Waals surface area contributed by atoms with Crippen LogP contribution in [0.3, 0.4) is 0 Å². The van der Waals surface area contributed by atoms with Gasteiger partial charge in [0.25, 0.3) is 0 Å². The second-order valence-electron chi connectivity index (χ2n) is 8.19. The molecular weight excluding hydrogens is 424 g/mol. The van der Waals surface area contributed by atoms with Crippen molar-refractivity contribution in [2.24, 2.45) is 0 Å². The van der Waals surface area contributed by atoms with Crippen molar-refractivity contribution >= 4 is 22.8 Å². The Labute approximate surface area is 188 Å². The van der Waals surface area contributed by atoms with Crippen molar-refractivity contribution in [3.8, 4) is 23.2 Å². The molecule has 0 unspecified atom stereocenters. The van der Waals surface area contributed by atoms with Gasteiger partial charge in [-0.25, -0.2) is 14.8 Å². The monoisotopic (exact) mass is 444 g/mol. The summed E-state index contributed by atoms with van der Waals surface area (Å²) in [6.45, 7) is 4.86. The van der Waals surface area contributed by atoms with Crippen molar-refractivity contribution in [3.63, 3.8) is 0 Å². The number of fused-ring (bicyclic) bond motifs is 1. The van der Waals surface area contributed by atoms with Gasteiger partial charge in [-0.1, -0.05) is 5.16 Å². The summed E-state index contributed by atoms with van der Waals surface area (Å²) in [6, 6.07) is 7.64. The number of likely N-dealkylation sites (tertiary alicyclic amines) is 1. The van der Waals surface area contributed by atoms with E-state index in [1.54, 1.807) is 23.1 Å². The second kappa shape index (κ2) is 7.90. The third kappa shape index (κ3) is 3.71. The van der Waals surface area contributed by atoms with E-state index < -0.39 is 6.09 Å². The number of hydrogen-bond donors (Lipinski definition) is 2. The molecule has 0 aromatic carbocycles. The normalized spacial score (nSPS) is 13.8. The predicted octanol–water partition coefficient (Wildman–Crippen LogP) is 3.24. The van der Waals surface area contributed by atoms with Crippen molar-refractivity contribution in [1.29, 1.82) is 5.26 Å². The number of carboxylic acid groups (broad SMARTS) is 1. The number of nitrogens with zero attached hydrogens (tertiary/aromatic N) is 7. The molecule has 0 radical (unpaired) electrons. The van der Waals surface area contributed by atoms with E-state index in [0.717, 1.165) is 22.3 Å². The second-order valence-corrected chi connectivity index (χ2v) is 8.19. The van der Waals surface area contributed by atoms with E-state index in [2.05, 4.69) is 31.6 Å². The van der Waals surface area contributed by atoms with E-state index in [-0.39, 0.29) is 12.0 Å². The third-order valence-corrected chi connectivity index (χ3v) is 5.45. The highest BCUT2D eigenvalue weighted by atomic mass is 16.5. The molecule has 0 atom stereocenters. The van der Waals surface area contributed by atoms with E-state index in [4.69, 9.17) is 14.9 Å². The summed E-state index contributed by atoms with van der Waals surface area (Å²) in [5.74, 6) is 1.13. The molecular formula is C22H20N8O3. The SMILES string of the molecule is CC(C)Nc1cc(-n2ncc3cc(C#N)cnc32)ncc1-c1cc(C2CN(C(=O)O)C2)no1. The van der Waals surface area contributed by atoms with Crippen LogP contribution in [0.1, 0.15) is 31.0 Å². The van der Waals surface area contributed by atoms with Crippen LogP contribution in [0, 0.1) is 11.3 Å². The molecule has 33 heavy (non-hydrogen) atoms. The smallest absolute Gasteiger partial charge is 0.407 e. The van der Waals surface area contributed by atoms with Gasteiger partial charge in [0.15, 0.2) is 17.2 Å². The molecule has 0 saturated carbocycles. The van der Waals surface area contributed by atoms with Crippen LogP contribution in [0.15, 0.2) is 41.3 Å². The minimum atomic E-state index is -0.928. The van der Waals surface area contributed by atoms with Gasteiger partial charge in [-0.3, -0.25) is 0 Å². The molecule has 0 aliphatic carbocycles. The van der Waals surface area contributed by atoms with Crippen LogP contribution >= 0.6 is 0 Å². The van der Waals surface area contributed by atoms with Gasteiger partial charge in [0.1, 0.15) is 6.07 Å². The summed E-state index contributed by atoms with van der Waals surface area (Å²) in [5.41, 5.74) is 3.30. The van der Waals surface area contributed by atoms with Gasteiger partial charge in [-0.2, -0.15) is 15.0 Å². The zero-order chi connectivity index (χ0) is 23.1. The van der Waals surface area contributed by atoms with Gasteiger partial charge in [0, 0.05) is 55.0 Å². The molecule has 4 aromatic rings. The molecule has 0 bridgehead atoms. The molecule has 166 valence electrons. The Kier molecular flexibility index (Phi) is 4.90. The number of anilines is 1. The maximum atomic E-state index is 11.0. The minimum absolute atomic E-state index is 0.0205. The Morgan fingerprint density at radius 2 is 2.06 bits per heavy atom. The summed E-state index contributed by atoms with van der Waals surface area (Å²) >= 11 is 0. The van der Waals surface area contributed by atoms with Crippen molar-refractivity contribution < 1.29 is 14.4 Å². The lowest BCUT2D eigenvalue weighted by atomic mass is 9.96. The minimum Gasteiger partial charge on any atom is -0.465 e. The fourth-order valence-corrected chi connectivity index (χ4v) is 3.77. The first-order valence-corrected chi connectivity index (χ1v) is 10.4. The van der Waals surface area contributed by atoms with Crippen LogP contribution < -0.4 is 5.32 Å². The van der Waals surface area contributed by atoms with Crippen molar-refractivity contribution in [2.75, 3.05) is 18.4 Å². The van der Waals surface area contributed by atoms with Gasteiger partial charge in [0.05, 0.1) is 28.7 Å². The van der Waals surface area contributed by atoms with Gasteiger partial charge < -0.3 is 19.8 Å². The Morgan fingerprint density at radius 1 is 1.24 bits per heavy atom. The molecule has 5 rings (SSSR count). The van der Waals surface area contributed by atoms with Gasteiger partial charge in [0.2, 0.25) is 0 Å². The molecule has 4 aromatic heterocycles. The van der Waals surface area contributed by atoms with E-state index in [1.165, 1.54) is 11.1 Å². The lowest BCUT2D eigenvalue weighted by Crippen LogP contribution is -2.47. The summed E-state index contributed by atoms with van der Waals surface area (Å²) in [4.78, 5) is 21.3. The number of pyridine rings is 2. The lowest BCUT2D eigenvalue weighted by molar-refractivity contribution is 0.103. The third-order valence-electron chi connectivity index (χ3n) is 5.45. The highest BCUT2D eigenvalue weighted by Gasteiger charge is 2.34. The molecule has 11 nitrogen and oxygen atoms in total. The number of nitriles is 1. The number of nitrogens with one attached hydrogen (secondary N) is 1. The van der Waals surface area contributed by atoms with Gasteiger partial charge in [-0.15, -0.1) is 0 Å². The standard InChI is InChI=1S/C22H20N8O3/c1-12(2)27-18-5-20(30-21-14(8-26-30)3-13(6-23)7-25-21)24-9-16(18)19-4-17(28-33-19)15-10-29(11-15)22(31)32/h3-5,7-9,12,15H,10-11H2,1-2H3,(H,24,27)(H,31,32). The predicted molar refractivity (Wildman–Crippen MR) is 118 cm³/mol. The Morgan fingerprint density at radius 3 is 2.79 bits per heavy atom. The highest BCUT2D eigenvalue weighted by Crippen LogP contribution is 2.34. The average molecular weight is 444 g/mol. The van der Waals surface area contributed by atoms with Crippen molar-refractivity contribution in [3.05, 3.63) is 48.0 Å². The molecule has 1 saturated heterocycles. The molecule has 11 heteroatoms. The number of aromatic nitrogens is 5. The molecule has 1 amide bonds. The lowest BCUT2D eigenvalue weighted by Gasteiger charge is -2.35. The Hall–Kier alpha value is -4.46. The van der Waals surface area contributed by atoms with Crippen molar-refractivity contribution in [1.82, 2.24) is 29.8 Å².